The highest BCUT2D eigenvalue weighted by Crippen LogP contribution is 2.23. The lowest BCUT2D eigenvalue weighted by molar-refractivity contribution is 0.0434. The average Bonchev–Trinajstić information content (AvgIpc) is 3.17. The van der Waals surface area contributed by atoms with Gasteiger partial charge in [0.15, 0.2) is 0 Å². The normalized spacial score (nSPS) is 10.1. The second-order valence-corrected chi connectivity index (χ2v) is 10.7. The quantitative estimate of drug-likeness (QED) is 0.0941. The van der Waals surface area contributed by atoms with Crippen molar-refractivity contribution in [3.05, 3.63) is 192 Å². The summed E-state index contributed by atoms with van der Waals surface area (Å²) in [7, 11) is 0. The smallest absolute Gasteiger partial charge is 0.488 e. The molecule has 0 N–H and O–H groups in total. The molecule has 0 spiro atoms. The summed E-state index contributed by atoms with van der Waals surface area (Å²) in [6.07, 6.45) is -1.49. The first-order valence-corrected chi connectivity index (χ1v) is 15.9. The minimum absolute atomic E-state index is 0.0515. The molecule has 0 amide bonds. The summed E-state index contributed by atoms with van der Waals surface area (Å²) >= 11 is 0. The Morgan fingerprint density at radius 1 is 0.360 bits per heavy atom. The third-order valence-corrected chi connectivity index (χ3v) is 7.00. The van der Waals surface area contributed by atoms with Gasteiger partial charge in [-0.2, -0.15) is 0 Å². The van der Waals surface area contributed by atoms with E-state index in [4.69, 9.17) is 28.4 Å². The Morgan fingerprint density at radius 2 is 0.700 bits per heavy atom. The van der Waals surface area contributed by atoms with Gasteiger partial charge in [0.2, 0.25) is 0 Å². The van der Waals surface area contributed by atoms with E-state index in [-0.39, 0.29) is 13.2 Å². The number of carbonyl (C=O) groups excluding carboxylic acids is 2. The van der Waals surface area contributed by atoms with Crippen LogP contribution in [0.4, 0.5) is 9.59 Å². The first-order chi connectivity index (χ1) is 24.6. The number of hydrogen-bond donors (Lipinski definition) is 0. The zero-order valence-corrected chi connectivity index (χ0v) is 27.3. The topological polar surface area (TPSA) is 89.5 Å². The summed E-state index contributed by atoms with van der Waals surface area (Å²) in [5.74, 6) is 2.25. The molecule has 0 aliphatic heterocycles. The standard InChI is InChI=1S/C29H26O5.C13H10O3/c30-29(33-21-25-15-7-9-17-27(25)31-19-23-11-3-1-4-12-23)34-22-26-16-8-10-18-28(26)32-20-24-13-5-2-6-14-24;14-13(15-11-7-3-1-4-8-11)16-12-9-5-2-6-10-12/h1-18H,19-22H2;1-10H. The monoisotopic (exact) mass is 668 g/mol. The van der Waals surface area contributed by atoms with Crippen LogP contribution in [0.25, 0.3) is 0 Å². The molecule has 0 unspecified atom stereocenters. The molecule has 0 bridgehead atoms. The van der Waals surface area contributed by atoms with E-state index in [1.165, 1.54) is 0 Å². The molecule has 0 radical (unpaired) electrons. The number of para-hydroxylation sites is 4. The summed E-state index contributed by atoms with van der Waals surface area (Å²) in [4.78, 5) is 23.6. The highest BCUT2D eigenvalue weighted by atomic mass is 16.7. The van der Waals surface area contributed by atoms with Crippen molar-refractivity contribution in [2.24, 2.45) is 0 Å². The SMILES string of the molecule is O=C(OCc1ccccc1OCc1ccccc1)OCc1ccccc1OCc1ccccc1.O=C(Oc1ccccc1)Oc1ccccc1. The molecule has 8 heteroatoms. The largest absolute Gasteiger partial charge is 0.519 e. The molecule has 0 fully saturated rings. The van der Waals surface area contributed by atoms with Gasteiger partial charge < -0.3 is 28.4 Å². The molecule has 0 aliphatic rings. The first-order valence-electron chi connectivity index (χ1n) is 15.9. The van der Waals surface area contributed by atoms with E-state index >= 15 is 0 Å². The van der Waals surface area contributed by atoms with Gasteiger partial charge in [-0.15, -0.1) is 0 Å². The minimum Gasteiger partial charge on any atom is -0.488 e. The maximum absolute atomic E-state index is 12.2. The van der Waals surface area contributed by atoms with E-state index in [2.05, 4.69) is 0 Å². The summed E-state index contributed by atoms with van der Waals surface area (Å²) in [5.41, 5.74) is 3.65. The molecular formula is C42H36O8. The van der Waals surface area contributed by atoms with Gasteiger partial charge in [0.1, 0.15) is 49.4 Å². The third-order valence-electron chi connectivity index (χ3n) is 7.00. The molecule has 0 saturated heterocycles. The molecule has 6 rings (SSSR count). The van der Waals surface area contributed by atoms with Crippen molar-refractivity contribution in [3.8, 4) is 23.0 Å². The lowest BCUT2D eigenvalue weighted by atomic mass is 10.2. The molecule has 0 aliphatic carbocycles. The Labute approximate surface area is 291 Å². The average molecular weight is 669 g/mol. The van der Waals surface area contributed by atoms with Crippen LogP contribution in [0.1, 0.15) is 22.3 Å². The van der Waals surface area contributed by atoms with Crippen LogP contribution in [0.2, 0.25) is 0 Å². The van der Waals surface area contributed by atoms with Gasteiger partial charge in [0.25, 0.3) is 0 Å². The number of ether oxygens (including phenoxy) is 6. The van der Waals surface area contributed by atoms with Gasteiger partial charge >= 0.3 is 12.3 Å². The molecule has 0 atom stereocenters. The van der Waals surface area contributed by atoms with E-state index in [0.717, 1.165) is 22.3 Å². The van der Waals surface area contributed by atoms with E-state index < -0.39 is 12.3 Å². The lowest BCUT2D eigenvalue weighted by Gasteiger charge is -2.13. The molecule has 6 aromatic rings. The van der Waals surface area contributed by atoms with Crippen molar-refractivity contribution >= 4 is 12.3 Å². The number of carbonyl (C=O) groups is 2. The third kappa shape index (κ3) is 11.9. The highest BCUT2D eigenvalue weighted by Gasteiger charge is 2.12. The second-order valence-electron chi connectivity index (χ2n) is 10.7. The van der Waals surface area contributed by atoms with Crippen LogP contribution in [0, 0.1) is 0 Å². The van der Waals surface area contributed by atoms with E-state index in [9.17, 15) is 9.59 Å². The first kappa shape index (κ1) is 34.8. The number of benzene rings is 6. The fourth-order valence-electron chi connectivity index (χ4n) is 4.50. The van der Waals surface area contributed by atoms with Crippen LogP contribution in [-0.2, 0) is 35.9 Å². The van der Waals surface area contributed by atoms with Gasteiger partial charge in [-0.3, -0.25) is 0 Å². The van der Waals surface area contributed by atoms with Gasteiger partial charge in [0, 0.05) is 11.1 Å². The Kier molecular flexibility index (Phi) is 13.4. The maximum atomic E-state index is 12.2. The maximum Gasteiger partial charge on any atom is 0.519 e. The Balaban J connectivity index is 0.000000253. The summed E-state index contributed by atoms with van der Waals surface area (Å²) in [6, 6.07) is 52.3. The zero-order valence-electron chi connectivity index (χ0n) is 27.3. The highest BCUT2D eigenvalue weighted by molar-refractivity contribution is 5.67. The van der Waals surface area contributed by atoms with Crippen LogP contribution >= 0.6 is 0 Å². The van der Waals surface area contributed by atoms with Crippen LogP contribution in [0.3, 0.4) is 0 Å². The molecule has 8 nitrogen and oxygen atoms in total. The Bertz CT molecular complexity index is 1750. The lowest BCUT2D eigenvalue weighted by Crippen LogP contribution is -2.13. The molecule has 6 aromatic carbocycles. The molecule has 0 heterocycles. The molecule has 0 saturated carbocycles. The van der Waals surface area contributed by atoms with Gasteiger partial charge in [0.05, 0.1) is 0 Å². The van der Waals surface area contributed by atoms with Crippen LogP contribution in [-0.4, -0.2) is 12.3 Å². The van der Waals surface area contributed by atoms with Crippen LogP contribution in [0.15, 0.2) is 170 Å². The van der Waals surface area contributed by atoms with Crippen molar-refractivity contribution in [3.63, 3.8) is 0 Å². The number of rotatable bonds is 12. The van der Waals surface area contributed by atoms with Crippen LogP contribution in [0.5, 0.6) is 23.0 Å². The second kappa shape index (κ2) is 19.3. The molecule has 50 heavy (non-hydrogen) atoms. The van der Waals surface area contributed by atoms with Crippen molar-refractivity contribution in [1.82, 2.24) is 0 Å². The Hall–Kier alpha value is -6.54. The van der Waals surface area contributed by atoms with Gasteiger partial charge in [-0.25, -0.2) is 9.59 Å². The predicted octanol–water partition coefficient (Wildman–Crippen LogP) is 9.96. The summed E-state index contributed by atoms with van der Waals surface area (Å²) < 4.78 is 32.4. The predicted molar refractivity (Wildman–Crippen MR) is 189 cm³/mol. The van der Waals surface area contributed by atoms with Crippen LogP contribution < -0.4 is 18.9 Å². The van der Waals surface area contributed by atoms with E-state index in [1.807, 2.05) is 121 Å². The zero-order chi connectivity index (χ0) is 34.6. The Morgan fingerprint density at radius 3 is 1.10 bits per heavy atom. The van der Waals surface area contributed by atoms with Crippen molar-refractivity contribution < 1.29 is 38.0 Å². The fourth-order valence-corrected chi connectivity index (χ4v) is 4.50. The van der Waals surface area contributed by atoms with Crippen molar-refractivity contribution in [2.75, 3.05) is 0 Å². The summed E-state index contributed by atoms with van der Waals surface area (Å²) in [6.45, 7) is 0.968. The van der Waals surface area contributed by atoms with Crippen molar-refractivity contribution in [2.45, 2.75) is 26.4 Å². The summed E-state index contributed by atoms with van der Waals surface area (Å²) in [5, 5.41) is 0. The van der Waals surface area contributed by atoms with E-state index in [0.29, 0.717) is 36.2 Å². The fraction of sp³-hybridized carbons (Fsp3) is 0.0952. The van der Waals surface area contributed by atoms with Gasteiger partial charge in [-0.1, -0.05) is 133 Å². The minimum atomic E-state index is -0.754. The molecular weight excluding hydrogens is 632 g/mol. The van der Waals surface area contributed by atoms with Gasteiger partial charge in [-0.05, 0) is 47.5 Å². The van der Waals surface area contributed by atoms with Crippen molar-refractivity contribution in [1.29, 1.82) is 0 Å². The number of hydrogen-bond acceptors (Lipinski definition) is 8. The van der Waals surface area contributed by atoms with E-state index in [1.54, 1.807) is 48.5 Å². The molecule has 252 valence electrons. The molecule has 0 aromatic heterocycles.